The Morgan fingerprint density at radius 3 is 2.81 bits per heavy atom. The number of hydrogen-bond donors (Lipinski definition) is 0. The summed E-state index contributed by atoms with van der Waals surface area (Å²) in [7, 11) is 1.76. The molecule has 0 spiro atoms. The molecule has 9 nitrogen and oxygen atoms in total. The van der Waals surface area contributed by atoms with E-state index in [1.807, 2.05) is 13.8 Å². The van der Waals surface area contributed by atoms with Crippen molar-refractivity contribution in [2.24, 2.45) is 12.0 Å². The Hall–Kier alpha value is -2.85. The lowest BCUT2D eigenvalue weighted by Gasteiger charge is -2.05. The van der Waals surface area contributed by atoms with E-state index in [0.29, 0.717) is 30.1 Å². The summed E-state index contributed by atoms with van der Waals surface area (Å²) in [4.78, 5) is 27.9. The third kappa shape index (κ3) is 3.96. The second-order valence-electron chi connectivity index (χ2n) is 5.85. The highest BCUT2D eigenvalue weighted by Gasteiger charge is 2.15. The predicted molar refractivity (Wildman–Crippen MR) is 101 cm³/mol. The Morgan fingerprint density at radius 2 is 2.19 bits per heavy atom. The molecule has 1 aromatic carbocycles. The highest BCUT2D eigenvalue weighted by atomic mass is 32.1. The lowest BCUT2D eigenvalue weighted by atomic mass is 10.3. The highest BCUT2D eigenvalue weighted by Crippen LogP contribution is 2.23. The number of ether oxygens (including phenoxy) is 1. The standard InChI is InChI=1S/C17H19N5O4S/c1-4-26-8-7-21-14-10-12(22(24)25)5-6-15(14)27-17(21)18-16(23)13-9-11(2)20(3)19-13/h5-6,9-10H,4,7-8H2,1-3H3. The Morgan fingerprint density at radius 1 is 1.41 bits per heavy atom. The van der Waals surface area contributed by atoms with Crippen LogP contribution in [0.4, 0.5) is 5.69 Å². The molecule has 142 valence electrons. The van der Waals surface area contributed by atoms with Crippen molar-refractivity contribution in [2.75, 3.05) is 13.2 Å². The minimum Gasteiger partial charge on any atom is -0.380 e. The molecule has 0 aliphatic rings. The normalized spacial score (nSPS) is 12.0. The molecule has 2 heterocycles. The van der Waals surface area contributed by atoms with E-state index in [4.69, 9.17) is 4.74 Å². The molecule has 0 unspecified atom stereocenters. The van der Waals surface area contributed by atoms with Crippen molar-refractivity contribution in [3.63, 3.8) is 0 Å². The molecule has 0 aliphatic heterocycles. The Kier molecular flexibility index (Phi) is 5.47. The van der Waals surface area contributed by atoms with E-state index in [-0.39, 0.29) is 11.4 Å². The second-order valence-corrected chi connectivity index (χ2v) is 6.86. The number of amides is 1. The third-order valence-corrected chi connectivity index (χ3v) is 5.13. The average molecular weight is 389 g/mol. The van der Waals surface area contributed by atoms with Gasteiger partial charge >= 0.3 is 0 Å². The average Bonchev–Trinajstić information content (AvgIpc) is 3.15. The van der Waals surface area contributed by atoms with E-state index < -0.39 is 10.8 Å². The maximum atomic E-state index is 12.5. The maximum Gasteiger partial charge on any atom is 0.300 e. The minimum absolute atomic E-state index is 0.0105. The van der Waals surface area contributed by atoms with Gasteiger partial charge in [-0.05, 0) is 26.0 Å². The zero-order valence-electron chi connectivity index (χ0n) is 15.2. The van der Waals surface area contributed by atoms with Gasteiger partial charge in [0.15, 0.2) is 10.5 Å². The molecule has 0 radical (unpaired) electrons. The molecule has 0 atom stereocenters. The lowest BCUT2D eigenvalue weighted by molar-refractivity contribution is -0.384. The van der Waals surface area contributed by atoms with Gasteiger partial charge in [0.1, 0.15) is 0 Å². The smallest absolute Gasteiger partial charge is 0.300 e. The van der Waals surface area contributed by atoms with Gasteiger partial charge < -0.3 is 9.30 Å². The number of benzene rings is 1. The van der Waals surface area contributed by atoms with Gasteiger partial charge in [0.25, 0.3) is 11.6 Å². The van der Waals surface area contributed by atoms with Gasteiger partial charge in [-0.2, -0.15) is 10.1 Å². The Bertz CT molecular complexity index is 1060. The van der Waals surface area contributed by atoms with Crippen molar-refractivity contribution in [1.82, 2.24) is 14.3 Å². The Balaban J connectivity index is 2.10. The molecule has 10 heteroatoms. The summed E-state index contributed by atoms with van der Waals surface area (Å²) < 4.78 is 9.60. The number of aryl methyl sites for hydroxylation is 2. The van der Waals surface area contributed by atoms with Gasteiger partial charge in [-0.3, -0.25) is 19.6 Å². The van der Waals surface area contributed by atoms with Gasteiger partial charge in [0.05, 0.1) is 21.7 Å². The lowest BCUT2D eigenvalue weighted by Crippen LogP contribution is -2.20. The first-order valence-corrected chi connectivity index (χ1v) is 9.17. The van der Waals surface area contributed by atoms with Crippen molar-refractivity contribution < 1.29 is 14.5 Å². The monoisotopic (exact) mass is 389 g/mol. The van der Waals surface area contributed by atoms with Crippen LogP contribution in [0.25, 0.3) is 10.2 Å². The number of hydrogen-bond acceptors (Lipinski definition) is 6. The molecular weight excluding hydrogens is 370 g/mol. The Labute approximate surface area is 158 Å². The predicted octanol–water partition coefficient (Wildman–Crippen LogP) is 2.43. The van der Waals surface area contributed by atoms with Crippen molar-refractivity contribution in [3.05, 3.63) is 50.6 Å². The molecule has 3 aromatic rings. The fourth-order valence-corrected chi connectivity index (χ4v) is 3.62. The number of nitro groups is 1. The molecule has 0 saturated heterocycles. The van der Waals surface area contributed by atoms with Crippen LogP contribution >= 0.6 is 11.3 Å². The molecule has 0 bridgehead atoms. The van der Waals surface area contributed by atoms with Gasteiger partial charge in [-0.25, -0.2) is 0 Å². The summed E-state index contributed by atoms with van der Waals surface area (Å²) in [5.41, 5.74) is 1.75. The van der Waals surface area contributed by atoms with Crippen molar-refractivity contribution >= 4 is 33.1 Å². The number of aromatic nitrogens is 3. The summed E-state index contributed by atoms with van der Waals surface area (Å²) >= 11 is 1.30. The van der Waals surface area contributed by atoms with E-state index in [9.17, 15) is 14.9 Å². The van der Waals surface area contributed by atoms with Crippen LogP contribution in [0.2, 0.25) is 0 Å². The number of rotatable bonds is 6. The minimum atomic E-state index is -0.454. The van der Waals surface area contributed by atoms with Crippen molar-refractivity contribution in [1.29, 1.82) is 0 Å². The summed E-state index contributed by atoms with van der Waals surface area (Å²) in [6.45, 7) is 5.14. The topological polar surface area (TPSA) is 105 Å². The SMILES string of the molecule is CCOCCn1c(=NC(=O)c2cc(C)n(C)n2)sc2ccc([N+](=O)[O-])cc21. The first-order valence-electron chi connectivity index (χ1n) is 8.36. The number of fused-ring (bicyclic) bond motifs is 1. The van der Waals surface area contributed by atoms with Gasteiger partial charge in [0, 0.05) is 38.0 Å². The number of carbonyl (C=O) groups excluding carboxylic acids is 1. The molecule has 0 N–H and O–H groups in total. The molecule has 0 saturated carbocycles. The first-order chi connectivity index (χ1) is 12.9. The molecule has 1 amide bonds. The van der Waals surface area contributed by atoms with Crippen LogP contribution in [-0.4, -0.2) is 38.4 Å². The third-order valence-electron chi connectivity index (χ3n) is 4.07. The maximum absolute atomic E-state index is 12.5. The van der Waals surface area contributed by atoms with Gasteiger partial charge in [-0.1, -0.05) is 11.3 Å². The van der Waals surface area contributed by atoms with Crippen LogP contribution in [0.1, 0.15) is 23.1 Å². The number of non-ortho nitro benzene ring substituents is 1. The zero-order chi connectivity index (χ0) is 19.6. The largest absolute Gasteiger partial charge is 0.380 e. The van der Waals surface area contributed by atoms with E-state index in [1.54, 1.807) is 28.4 Å². The van der Waals surface area contributed by atoms with Gasteiger partial charge in [0.2, 0.25) is 0 Å². The summed E-state index contributed by atoms with van der Waals surface area (Å²) in [6.07, 6.45) is 0. The summed E-state index contributed by atoms with van der Waals surface area (Å²) in [6, 6.07) is 6.28. The van der Waals surface area contributed by atoms with Gasteiger partial charge in [-0.15, -0.1) is 0 Å². The summed E-state index contributed by atoms with van der Waals surface area (Å²) in [5.74, 6) is -0.454. The number of nitro benzene ring substituents is 1. The van der Waals surface area contributed by atoms with E-state index in [2.05, 4.69) is 10.1 Å². The zero-order valence-corrected chi connectivity index (χ0v) is 16.0. The molecule has 0 aliphatic carbocycles. The number of thiazole rings is 1. The van der Waals surface area contributed by atoms with Crippen molar-refractivity contribution in [3.8, 4) is 0 Å². The fraction of sp³-hybridized carbons (Fsp3) is 0.353. The first kappa shape index (κ1) is 18.9. The van der Waals surface area contributed by atoms with Crippen LogP contribution < -0.4 is 4.80 Å². The van der Waals surface area contributed by atoms with E-state index >= 15 is 0 Å². The van der Waals surface area contributed by atoms with Crippen LogP contribution in [0.5, 0.6) is 0 Å². The number of nitrogens with zero attached hydrogens (tertiary/aromatic N) is 5. The van der Waals surface area contributed by atoms with Crippen LogP contribution in [0.3, 0.4) is 0 Å². The van der Waals surface area contributed by atoms with E-state index in [1.165, 1.54) is 23.5 Å². The molecule has 3 rings (SSSR count). The molecule has 2 aromatic heterocycles. The summed E-state index contributed by atoms with van der Waals surface area (Å²) in [5, 5.41) is 15.3. The quantitative estimate of drug-likeness (QED) is 0.366. The highest BCUT2D eigenvalue weighted by molar-refractivity contribution is 7.16. The van der Waals surface area contributed by atoms with Crippen LogP contribution in [0.15, 0.2) is 29.3 Å². The van der Waals surface area contributed by atoms with Crippen LogP contribution in [0, 0.1) is 17.0 Å². The second kappa shape index (κ2) is 7.80. The van der Waals surface area contributed by atoms with Crippen LogP contribution in [-0.2, 0) is 18.3 Å². The van der Waals surface area contributed by atoms with Crippen molar-refractivity contribution in [2.45, 2.75) is 20.4 Å². The molecular formula is C17H19N5O4S. The van der Waals surface area contributed by atoms with E-state index in [0.717, 1.165) is 10.4 Å². The molecule has 0 fully saturated rings. The number of carbonyl (C=O) groups is 1. The molecule has 27 heavy (non-hydrogen) atoms. The fourth-order valence-electron chi connectivity index (χ4n) is 2.58.